The monoisotopic (exact) mass is 224 g/mol. The Bertz CT molecular complexity index is 347. The van der Waals surface area contributed by atoms with Gasteiger partial charge in [-0.3, -0.25) is 0 Å². The fourth-order valence-corrected chi connectivity index (χ4v) is 1.99. The molecule has 0 aliphatic heterocycles. The lowest BCUT2D eigenvalue weighted by Gasteiger charge is -2.20. The highest BCUT2D eigenvalue weighted by Gasteiger charge is 2.18. The van der Waals surface area contributed by atoms with Crippen LogP contribution in [0.15, 0.2) is 12.1 Å². The predicted molar refractivity (Wildman–Crippen MR) is 64.4 cm³/mol. The molecule has 1 aromatic carbocycles. The maximum Gasteiger partial charge on any atom is 0.122 e. The zero-order chi connectivity index (χ0) is 12.1. The number of ether oxygens (including phenoxy) is 2. The summed E-state index contributed by atoms with van der Waals surface area (Å²) < 4.78 is 10.7. The number of aliphatic hydroxyl groups excluding tert-OH is 1. The fourth-order valence-electron chi connectivity index (χ4n) is 1.99. The Morgan fingerprint density at radius 3 is 2.19 bits per heavy atom. The Morgan fingerprint density at radius 2 is 1.75 bits per heavy atom. The number of hydrogen-bond acceptors (Lipinski definition) is 3. The molecular formula is C13H20O3. The Morgan fingerprint density at radius 1 is 1.19 bits per heavy atom. The highest BCUT2D eigenvalue weighted by molar-refractivity contribution is 5.50. The van der Waals surface area contributed by atoms with Gasteiger partial charge in [0.25, 0.3) is 0 Å². The highest BCUT2D eigenvalue weighted by atomic mass is 16.5. The molecule has 1 unspecified atom stereocenters. The SMILES string of the molecule is CCc1c(OC)ccc(OC)c1C(C)CO. The van der Waals surface area contributed by atoms with Crippen LogP contribution in [0.4, 0.5) is 0 Å². The van der Waals surface area contributed by atoms with E-state index in [1.807, 2.05) is 19.1 Å². The van der Waals surface area contributed by atoms with E-state index in [-0.39, 0.29) is 12.5 Å². The van der Waals surface area contributed by atoms with Gasteiger partial charge in [-0.1, -0.05) is 13.8 Å². The zero-order valence-corrected chi connectivity index (χ0v) is 10.4. The Labute approximate surface area is 97.0 Å². The molecule has 1 N–H and O–H groups in total. The number of benzene rings is 1. The molecule has 1 aromatic rings. The van der Waals surface area contributed by atoms with Crippen LogP contribution in [0.1, 0.15) is 30.9 Å². The number of rotatable bonds is 5. The van der Waals surface area contributed by atoms with Crippen molar-refractivity contribution in [3.05, 3.63) is 23.3 Å². The number of methoxy groups -OCH3 is 2. The first-order valence-corrected chi connectivity index (χ1v) is 5.54. The Hall–Kier alpha value is -1.22. The average molecular weight is 224 g/mol. The summed E-state index contributed by atoms with van der Waals surface area (Å²) in [7, 11) is 3.31. The highest BCUT2D eigenvalue weighted by Crippen LogP contribution is 2.35. The van der Waals surface area contributed by atoms with E-state index in [1.54, 1.807) is 14.2 Å². The van der Waals surface area contributed by atoms with Gasteiger partial charge in [-0.15, -0.1) is 0 Å². The van der Waals surface area contributed by atoms with Crippen molar-refractivity contribution in [2.45, 2.75) is 26.2 Å². The van der Waals surface area contributed by atoms with Crippen LogP contribution in [0.2, 0.25) is 0 Å². The third-order valence-corrected chi connectivity index (χ3v) is 2.83. The number of aliphatic hydroxyl groups is 1. The van der Waals surface area contributed by atoms with E-state index in [2.05, 4.69) is 6.92 Å². The van der Waals surface area contributed by atoms with Gasteiger partial charge in [-0.25, -0.2) is 0 Å². The van der Waals surface area contributed by atoms with Crippen molar-refractivity contribution in [1.29, 1.82) is 0 Å². The van der Waals surface area contributed by atoms with Gasteiger partial charge in [-0.05, 0) is 18.6 Å². The first-order chi connectivity index (χ1) is 7.69. The summed E-state index contributed by atoms with van der Waals surface area (Å²) in [4.78, 5) is 0. The molecule has 1 rings (SSSR count). The maximum atomic E-state index is 9.30. The molecular weight excluding hydrogens is 204 g/mol. The third-order valence-electron chi connectivity index (χ3n) is 2.83. The lowest BCUT2D eigenvalue weighted by Crippen LogP contribution is -2.07. The summed E-state index contributed by atoms with van der Waals surface area (Å²) in [6, 6.07) is 3.80. The standard InChI is InChI=1S/C13H20O3/c1-5-10-11(15-3)6-7-12(16-4)13(10)9(2)8-14/h6-7,9,14H,5,8H2,1-4H3. The Balaban J connectivity index is 3.36. The van der Waals surface area contributed by atoms with Crippen molar-refractivity contribution >= 4 is 0 Å². The summed E-state index contributed by atoms with van der Waals surface area (Å²) >= 11 is 0. The first-order valence-electron chi connectivity index (χ1n) is 5.54. The molecule has 0 saturated carbocycles. The minimum atomic E-state index is 0.0556. The van der Waals surface area contributed by atoms with Crippen molar-refractivity contribution in [3.63, 3.8) is 0 Å². The van der Waals surface area contributed by atoms with Gasteiger partial charge in [0.2, 0.25) is 0 Å². The lowest BCUT2D eigenvalue weighted by molar-refractivity contribution is 0.268. The van der Waals surface area contributed by atoms with Crippen molar-refractivity contribution in [2.24, 2.45) is 0 Å². The number of hydrogen-bond donors (Lipinski definition) is 1. The van der Waals surface area contributed by atoms with Gasteiger partial charge < -0.3 is 14.6 Å². The van der Waals surface area contributed by atoms with E-state index >= 15 is 0 Å². The molecule has 3 heteroatoms. The van der Waals surface area contributed by atoms with Crippen molar-refractivity contribution in [3.8, 4) is 11.5 Å². The quantitative estimate of drug-likeness (QED) is 0.834. The summed E-state index contributed by atoms with van der Waals surface area (Å²) in [6.45, 7) is 4.16. The van der Waals surface area contributed by atoms with Gasteiger partial charge in [0, 0.05) is 23.7 Å². The van der Waals surface area contributed by atoms with Crippen molar-refractivity contribution in [1.82, 2.24) is 0 Å². The molecule has 0 amide bonds. The minimum absolute atomic E-state index is 0.0556. The summed E-state index contributed by atoms with van der Waals surface area (Å²) in [5.74, 6) is 1.73. The maximum absolute atomic E-state index is 9.30. The second-order valence-corrected chi connectivity index (χ2v) is 3.80. The largest absolute Gasteiger partial charge is 0.496 e. The van der Waals surface area contributed by atoms with Crippen LogP contribution in [0.5, 0.6) is 11.5 Å². The molecule has 3 nitrogen and oxygen atoms in total. The van der Waals surface area contributed by atoms with E-state index in [4.69, 9.17) is 9.47 Å². The van der Waals surface area contributed by atoms with Crippen molar-refractivity contribution in [2.75, 3.05) is 20.8 Å². The third kappa shape index (κ3) is 2.30. The molecule has 0 bridgehead atoms. The summed E-state index contributed by atoms with van der Waals surface area (Å²) in [5, 5.41) is 9.30. The van der Waals surface area contributed by atoms with Gasteiger partial charge >= 0.3 is 0 Å². The summed E-state index contributed by atoms with van der Waals surface area (Å²) in [6.07, 6.45) is 0.861. The summed E-state index contributed by atoms with van der Waals surface area (Å²) in [5.41, 5.74) is 2.16. The van der Waals surface area contributed by atoms with E-state index in [1.165, 1.54) is 0 Å². The van der Waals surface area contributed by atoms with Crippen molar-refractivity contribution < 1.29 is 14.6 Å². The smallest absolute Gasteiger partial charge is 0.122 e. The van der Waals surface area contributed by atoms with E-state index in [0.29, 0.717) is 0 Å². The van der Waals surface area contributed by atoms with Crippen LogP contribution in [0.25, 0.3) is 0 Å². The van der Waals surface area contributed by atoms with Gasteiger partial charge in [0.1, 0.15) is 11.5 Å². The van der Waals surface area contributed by atoms with Crippen LogP contribution < -0.4 is 9.47 Å². The van der Waals surface area contributed by atoms with Crippen LogP contribution in [-0.2, 0) is 6.42 Å². The molecule has 0 aliphatic carbocycles. The molecule has 0 heterocycles. The molecule has 90 valence electrons. The Kier molecular flexibility index (Phi) is 4.62. The lowest BCUT2D eigenvalue weighted by atomic mass is 9.93. The van der Waals surface area contributed by atoms with E-state index in [9.17, 15) is 5.11 Å². The van der Waals surface area contributed by atoms with Gasteiger partial charge in [0.05, 0.1) is 14.2 Å². The second kappa shape index (κ2) is 5.75. The fraction of sp³-hybridized carbons (Fsp3) is 0.538. The predicted octanol–water partition coefficient (Wildman–Crippen LogP) is 2.36. The van der Waals surface area contributed by atoms with E-state index < -0.39 is 0 Å². The van der Waals surface area contributed by atoms with Crippen LogP contribution in [0, 0.1) is 0 Å². The molecule has 0 aliphatic rings. The van der Waals surface area contributed by atoms with Crippen LogP contribution >= 0.6 is 0 Å². The molecule has 0 spiro atoms. The topological polar surface area (TPSA) is 38.7 Å². The molecule has 0 radical (unpaired) electrons. The molecule has 0 fully saturated rings. The van der Waals surface area contributed by atoms with Crippen LogP contribution in [-0.4, -0.2) is 25.9 Å². The molecule has 16 heavy (non-hydrogen) atoms. The van der Waals surface area contributed by atoms with Crippen LogP contribution in [0.3, 0.4) is 0 Å². The van der Waals surface area contributed by atoms with Gasteiger partial charge in [0.15, 0.2) is 0 Å². The molecule has 0 aromatic heterocycles. The average Bonchev–Trinajstić information content (AvgIpc) is 2.35. The molecule has 1 atom stereocenters. The minimum Gasteiger partial charge on any atom is -0.496 e. The van der Waals surface area contributed by atoms with Gasteiger partial charge in [-0.2, -0.15) is 0 Å². The molecule has 0 saturated heterocycles. The first kappa shape index (κ1) is 12.8. The zero-order valence-electron chi connectivity index (χ0n) is 10.4. The van der Waals surface area contributed by atoms with E-state index in [0.717, 1.165) is 29.0 Å². The normalized spacial score (nSPS) is 12.3. The second-order valence-electron chi connectivity index (χ2n) is 3.80.